The molecule has 74 valence electrons. The lowest BCUT2D eigenvalue weighted by Crippen LogP contribution is -2.12. The molecule has 4 heteroatoms. The first kappa shape index (κ1) is 11.1. The quantitative estimate of drug-likeness (QED) is 0.569. The molecule has 0 saturated heterocycles. The fraction of sp³-hybridized carbons (Fsp3) is 0.100. The Labute approximate surface area is 93.5 Å². The zero-order valence-electron chi connectivity index (χ0n) is 7.74. The van der Waals surface area contributed by atoms with Crippen LogP contribution < -0.4 is 4.90 Å². The lowest BCUT2D eigenvalue weighted by Gasteiger charge is -2.18. The van der Waals surface area contributed by atoms with Crippen LogP contribution in [0.15, 0.2) is 39.9 Å². The van der Waals surface area contributed by atoms with Crippen LogP contribution in [0, 0.1) is 0 Å². The first-order valence-electron chi connectivity index (χ1n) is 3.96. The minimum atomic E-state index is 0.433. The highest BCUT2D eigenvalue weighted by molar-refractivity contribution is 6.37. The van der Waals surface area contributed by atoms with Crippen molar-refractivity contribution in [3.05, 3.63) is 35.0 Å². The number of hydrogen-bond donors (Lipinski definition) is 0. The molecule has 1 aromatic rings. The summed E-state index contributed by atoms with van der Waals surface area (Å²) in [6, 6.07) is 7.54. The van der Waals surface area contributed by atoms with Crippen LogP contribution in [-0.2, 0) is 0 Å². The van der Waals surface area contributed by atoms with E-state index in [1.54, 1.807) is 4.90 Å². The maximum atomic E-state index is 5.87. The number of para-hydroxylation sites is 2. The molecule has 0 spiro atoms. The molecule has 0 heterocycles. The lowest BCUT2D eigenvalue weighted by molar-refractivity contribution is 1.18. The molecular formula is C10H10Cl2N2. The molecule has 0 fully saturated rings. The van der Waals surface area contributed by atoms with Crippen molar-refractivity contribution in [2.75, 3.05) is 11.9 Å². The molecule has 0 N–H and O–H groups in total. The fourth-order valence-electron chi connectivity index (χ4n) is 1.07. The highest BCUT2D eigenvalue weighted by atomic mass is 35.5. The van der Waals surface area contributed by atoms with E-state index in [4.69, 9.17) is 23.2 Å². The highest BCUT2D eigenvalue weighted by Crippen LogP contribution is 2.30. The van der Waals surface area contributed by atoms with Gasteiger partial charge in [-0.15, -0.1) is 0 Å². The van der Waals surface area contributed by atoms with Gasteiger partial charge in [0.2, 0.25) is 0 Å². The summed E-state index contributed by atoms with van der Waals surface area (Å²) in [7, 11) is 1.81. The van der Waals surface area contributed by atoms with Crippen molar-refractivity contribution in [3.8, 4) is 0 Å². The van der Waals surface area contributed by atoms with Gasteiger partial charge in [-0.05, 0) is 18.9 Å². The van der Waals surface area contributed by atoms with Crippen molar-refractivity contribution in [3.63, 3.8) is 0 Å². The molecule has 2 nitrogen and oxygen atoms in total. The third kappa shape index (κ3) is 2.28. The second kappa shape index (κ2) is 5.03. The Balaban J connectivity index is 3.11. The standard InChI is InChI=1S/C10H10Cl2N2/c1-13-8-5-3-4-6-9(8)14(2)10(12)7-11/h3-7H,1H2,2H3. The number of halogens is 2. The molecule has 1 aromatic carbocycles. The van der Waals surface area contributed by atoms with Gasteiger partial charge in [0.1, 0.15) is 5.16 Å². The monoisotopic (exact) mass is 228 g/mol. The highest BCUT2D eigenvalue weighted by Gasteiger charge is 2.07. The van der Waals surface area contributed by atoms with Gasteiger partial charge in [-0.1, -0.05) is 35.3 Å². The smallest absolute Gasteiger partial charge is 0.120 e. The number of nitrogens with zero attached hydrogens (tertiary/aromatic N) is 2. The largest absolute Gasteiger partial charge is 0.333 e. The Morgan fingerprint density at radius 2 is 2.14 bits per heavy atom. The molecule has 0 aromatic heterocycles. The molecule has 0 aliphatic carbocycles. The summed E-state index contributed by atoms with van der Waals surface area (Å²) in [6.45, 7) is 3.49. The van der Waals surface area contributed by atoms with E-state index in [1.165, 1.54) is 5.54 Å². The molecule has 0 amide bonds. The van der Waals surface area contributed by atoms with E-state index in [0.29, 0.717) is 5.16 Å². The molecular weight excluding hydrogens is 219 g/mol. The molecule has 0 atom stereocenters. The minimum absolute atomic E-state index is 0.433. The van der Waals surface area contributed by atoms with E-state index < -0.39 is 0 Å². The van der Waals surface area contributed by atoms with Crippen molar-refractivity contribution in [2.45, 2.75) is 0 Å². The van der Waals surface area contributed by atoms with Crippen LogP contribution in [0.5, 0.6) is 0 Å². The minimum Gasteiger partial charge on any atom is -0.333 e. The third-order valence-electron chi connectivity index (χ3n) is 1.82. The van der Waals surface area contributed by atoms with Gasteiger partial charge >= 0.3 is 0 Å². The summed E-state index contributed by atoms with van der Waals surface area (Å²) in [5, 5.41) is 0.433. The van der Waals surface area contributed by atoms with Gasteiger partial charge in [-0.2, -0.15) is 0 Å². The number of anilines is 1. The Morgan fingerprint density at radius 3 is 2.71 bits per heavy atom. The van der Waals surface area contributed by atoms with Gasteiger partial charge in [0.15, 0.2) is 0 Å². The van der Waals surface area contributed by atoms with Gasteiger partial charge < -0.3 is 4.90 Å². The van der Waals surface area contributed by atoms with Crippen molar-refractivity contribution in [2.24, 2.45) is 4.99 Å². The zero-order valence-corrected chi connectivity index (χ0v) is 9.26. The summed E-state index contributed by atoms with van der Waals surface area (Å²) in [5.74, 6) is 0. The summed E-state index contributed by atoms with van der Waals surface area (Å²) in [5.41, 5.74) is 2.94. The Bertz CT molecular complexity index is 361. The summed E-state index contributed by atoms with van der Waals surface area (Å²) in [4.78, 5) is 5.62. The van der Waals surface area contributed by atoms with Gasteiger partial charge in [0.25, 0.3) is 0 Å². The Hall–Kier alpha value is -0.990. The van der Waals surface area contributed by atoms with Crippen molar-refractivity contribution in [1.29, 1.82) is 0 Å². The van der Waals surface area contributed by atoms with E-state index in [2.05, 4.69) is 11.7 Å². The maximum absolute atomic E-state index is 5.87. The van der Waals surface area contributed by atoms with Gasteiger partial charge in [-0.3, -0.25) is 4.99 Å². The fourth-order valence-corrected chi connectivity index (χ4v) is 1.31. The number of aliphatic imine (C=N–C) groups is 1. The normalized spacial score (nSPS) is 11.2. The SMILES string of the molecule is C=Nc1ccccc1N(C)C(Cl)=CCl. The maximum Gasteiger partial charge on any atom is 0.120 e. The van der Waals surface area contributed by atoms with Crippen LogP contribution in [-0.4, -0.2) is 13.8 Å². The molecule has 14 heavy (non-hydrogen) atoms. The van der Waals surface area contributed by atoms with E-state index in [9.17, 15) is 0 Å². The van der Waals surface area contributed by atoms with Gasteiger partial charge in [0, 0.05) is 12.6 Å². The van der Waals surface area contributed by atoms with Crippen LogP contribution >= 0.6 is 23.2 Å². The molecule has 0 radical (unpaired) electrons. The molecule has 1 rings (SSSR count). The lowest BCUT2D eigenvalue weighted by atomic mass is 10.2. The summed E-state index contributed by atoms with van der Waals surface area (Å²) >= 11 is 11.4. The Kier molecular flexibility index (Phi) is 3.98. The van der Waals surface area contributed by atoms with Crippen LogP contribution in [0.1, 0.15) is 0 Å². The first-order chi connectivity index (χ1) is 6.70. The second-order valence-electron chi connectivity index (χ2n) is 2.64. The topological polar surface area (TPSA) is 15.6 Å². The zero-order chi connectivity index (χ0) is 10.6. The third-order valence-corrected chi connectivity index (χ3v) is 2.50. The van der Waals surface area contributed by atoms with E-state index in [0.717, 1.165) is 11.4 Å². The van der Waals surface area contributed by atoms with Crippen LogP contribution in [0.25, 0.3) is 0 Å². The summed E-state index contributed by atoms with van der Waals surface area (Å²) in [6.07, 6.45) is 0. The van der Waals surface area contributed by atoms with Crippen LogP contribution in [0.4, 0.5) is 11.4 Å². The molecule has 0 saturated carbocycles. The molecule has 0 aliphatic heterocycles. The second-order valence-corrected chi connectivity index (χ2v) is 3.24. The number of hydrogen-bond acceptors (Lipinski definition) is 2. The number of benzene rings is 1. The molecule has 0 aliphatic rings. The average molecular weight is 229 g/mol. The predicted molar refractivity (Wildman–Crippen MR) is 63.8 cm³/mol. The van der Waals surface area contributed by atoms with Gasteiger partial charge in [-0.25, -0.2) is 0 Å². The average Bonchev–Trinajstić information content (AvgIpc) is 2.26. The molecule has 0 unspecified atom stereocenters. The van der Waals surface area contributed by atoms with E-state index in [-0.39, 0.29) is 0 Å². The van der Waals surface area contributed by atoms with Crippen molar-refractivity contribution >= 4 is 41.3 Å². The van der Waals surface area contributed by atoms with Crippen LogP contribution in [0.2, 0.25) is 0 Å². The van der Waals surface area contributed by atoms with Crippen molar-refractivity contribution in [1.82, 2.24) is 0 Å². The van der Waals surface area contributed by atoms with Crippen molar-refractivity contribution < 1.29 is 0 Å². The Morgan fingerprint density at radius 1 is 1.50 bits per heavy atom. The van der Waals surface area contributed by atoms with E-state index in [1.807, 2.05) is 31.3 Å². The van der Waals surface area contributed by atoms with E-state index >= 15 is 0 Å². The molecule has 0 bridgehead atoms. The summed E-state index contributed by atoms with van der Waals surface area (Å²) < 4.78 is 0. The first-order valence-corrected chi connectivity index (χ1v) is 4.77. The van der Waals surface area contributed by atoms with Crippen LogP contribution in [0.3, 0.4) is 0 Å². The van der Waals surface area contributed by atoms with Gasteiger partial charge in [0.05, 0.1) is 11.4 Å². The predicted octanol–water partition coefficient (Wildman–Crippen LogP) is 3.73. The number of rotatable bonds is 3.